The van der Waals surface area contributed by atoms with E-state index >= 15 is 0 Å². The van der Waals surface area contributed by atoms with E-state index in [1.54, 1.807) is 7.11 Å². The fourth-order valence-electron chi connectivity index (χ4n) is 4.43. The zero-order chi connectivity index (χ0) is 25.3. The maximum absolute atomic E-state index is 6.03. The molecule has 6 nitrogen and oxygen atoms in total. The van der Waals surface area contributed by atoms with Gasteiger partial charge < -0.3 is 24.3 Å². The summed E-state index contributed by atoms with van der Waals surface area (Å²) in [5.74, 6) is 2.29. The molecule has 0 aliphatic carbocycles. The number of nitrogens with one attached hydrogen (secondary N) is 1. The van der Waals surface area contributed by atoms with Gasteiger partial charge in [-0.05, 0) is 105 Å². The van der Waals surface area contributed by atoms with E-state index in [-0.39, 0.29) is 17.6 Å². The zero-order valence-electron chi connectivity index (χ0n) is 20.9. The molecule has 4 aromatic rings. The maximum Gasteiger partial charge on any atom is 0.174 e. The lowest BCUT2D eigenvalue weighted by Crippen LogP contribution is -2.29. The molecule has 0 spiro atoms. The first-order valence-corrected chi connectivity index (χ1v) is 12.4. The molecule has 3 heterocycles. The molecule has 1 aliphatic heterocycles. The maximum atomic E-state index is 6.03. The summed E-state index contributed by atoms with van der Waals surface area (Å²) in [6.45, 7) is 6.59. The van der Waals surface area contributed by atoms with E-state index in [2.05, 4.69) is 59.0 Å². The average molecular weight is 499 g/mol. The van der Waals surface area contributed by atoms with Gasteiger partial charge in [0.1, 0.15) is 17.2 Å². The molecule has 7 heteroatoms. The van der Waals surface area contributed by atoms with Crippen LogP contribution in [0.1, 0.15) is 44.1 Å². The van der Waals surface area contributed by atoms with Crippen LogP contribution in [0.3, 0.4) is 0 Å². The van der Waals surface area contributed by atoms with E-state index in [9.17, 15) is 0 Å². The first kappa shape index (κ1) is 23.9. The van der Waals surface area contributed by atoms with Crippen molar-refractivity contribution < 1.29 is 9.47 Å². The number of nitrogens with zero attached hydrogens (tertiary/aromatic N) is 3. The van der Waals surface area contributed by atoms with E-state index in [0.29, 0.717) is 5.11 Å². The minimum Gasteiger partial charge on any atom is -0.497 e. The van der Waals surface area contributed by atoms with Crippen molar-refractivity contribution in [1.29, 1.82) is 0 Å². The van der Waals surface area contributed by atoms with Gasteiger partial charge >= 0.3 is 0 Å². The summed E-state index contributed by atoms with van der Waals surface area (Å²) in [5.41, 5.74) is 3.10. The van der Waals surface area contributed by atoms with Crippen molar-refractivity contribution in [3.8, 4) is 17.2 Å². The molecule has 2 aromatic heterocycles. The zero-order valence-corrected chi connectivity index (χ0v) is 21.7. The second kappa shape index (κ2) is 9.66. The summed E-state index contributed by atoms with van der Waals surface area (Å²) >= 11 is 5.86. The van der Waals surface area contributed by atoms with Crippen molar-refractivity contribution >= 4 is 23.0 Å². The van der Waals surface area contributed by atoms with Gasteiger partial charge in [0.15, 0.2) is 5.11 Å². The van der Waals surface area contributed by atoms with Gasteiger partial charge in [-0.1, -0.05) is 6.07 Å². The molecule has 2 atom stereocenters. The summed E-state index contributed by atoms with van der Waals surface area (Å²) in [4.78, 5) is 6.82. The molecule has 36 heavy (non-hydrogen) atoms. The van der Waals surface area contributed by atoms with Crippen LogP contribution in [-0.4, -0.2) is 21.8 Å². The van der Waals surface area contributed by atoms with E-state index in [4.69, 9.17) is 21.7 Å². The highest BCUT2D eigenvalue weighted by molar-refractivity contribution is 7.80. The number of ether oxygens (including phenoxy) is 2. The Hall–Kier alpha value is -3.84. The highest BCUT2D eigenvalue weighted by atomic mass is 32.1. The van der Waals surface area contributed by atoms with Crippen LogP contribution in [0.25, 0.3) is 0 Å². The highest BCUT2D eigenvalue weighted by Crippen LogP contribution is 2.42. The van der Waals surface area contributed by atoms with Crippen LogP contribution in [-0.2, 0) is 5.54 Å². The van der Waals surface area contributed by atoms with Crippen LogP contribution in [0, 0.1) is 0 Å². The van der Waals surface area contributed by atoms with E-state index in [0.717, 1.165) is 28.6 Å². The summed E-state index contributed by atoms with van der Waals surface area (Å²) in [5, 5.41) is 4.19. The third-order valence-electron chi connectivity index (χ3n) is 6.34. The first-order chi connectivity index (χ1) is 17.3. The Morgan fingerprint density at radius 2 is 1.56 bits per heavy atom. The SMILES string of the molecule is COc1ccc(Oc2ccc(N3C(=S)NC(c4ccccn4)C3c3ccn(C(C)(C)C)c3)cc2)cc1. The quantitative estimate of drug-likeness (QED) is 0.302. The van der Waals surface area contributed by atoms with Gasteiger partial charge in [0.05, 0.1) is 24.9 Å². The Balaban J connectivity index is 1.46. The summed E-state index contributed by atoms with van der Waals surface area (Å²) < 4.78 is 13.5. The van der Waals surface area contributed by atoms with E-state index in [1.165, 1.54) is 5.56 Å². The lowest BCUT2D eigenvalue weighted by Gasteiger charge is -2.28. The molecule has 2 aromatic carbocycles. The number of methoxy groups -OCH3 is 1. The van der Waals surface area contributed by atoms with Crippen LogP contribution < -0.4 is 19.7 Å². The molecule has 2 unspecified atom stereocenters. The molecule has 1 N–H and O–H groups in total. The third-order valence-corrected chi connectivity index (χ3v) is 6.65. The first-order valence-electron chi connectivity index (χ1n) is 11.9. The second-order valence-electron chi connectivity index (χ2n) is 9.79. The van der Waals surface area contributed by atoms with Crippen molar-refractivity contribution in [2.45, 2.75) is 38.4 Å². The fourth-order valence-corrected chi connectivity index (χ4v) is 4.78. The van der Waals surface area contributed by atoms with Gasteiger partial charge in [0, 0.05) is 29.8 Å². The standard InChI is InChI=1S/C29H30N4O2S/c1-29(2,3)32-18-16-20(19-32)27-26(25-7-5-6-17-30-25)31-28(36)33(27)21-8-10-23(11-9-21)35-24-14-12-22(34-4)13-15-24/h5-19,26-27H,1-4H3,(H,31,36). The van der Waals surface area contributed by atoms with Crippen molar-refractivity contribution in [2.24, 2.45) is 0 Å². The van der Waals surface area contributed by atoms with Gasteiger partial charge in [-0.15, -0.1) is 0 Å². The van der Waals surface area contributed by atoms with Crippen LogP contribution in [0.4, 0.5) is 5.69 Å². The normalized spacial score (nSPS) is 17.7. The van der Waals surface area contributed by atoms with Crippen LogP contribution >= 0.6 is 12.2 Å². The molecule has 1 fully saturated rings. The van der Waals surface area contributed by atoms with Crippen LogP contribution in [0.5, 0.6) is 17.2 Å². The summed E-state index contributed by atoms with van der Waals surface area (Å²) in [6.07, 6.45) is 6.17. The Morgan fingerprint density at radius 1 is 0.889 bits per heavy atom. The Kier molecular flexibility index (Phi) is 6.41. The smallest absolute Gasteiger partial charge is 0.174 e. The predicted octanol–water partition coefficient (Wildman–Crippen LogP) is 6.62. The lowest BCUT2D eigenvalue weighted by molar-refractivity contribution is 0.397. The van der Waals surface area contributed by atoms with Crippen LogP contribution in [0.15, 0.2) is 91.4 Å². The highest BCUT2D eigenvalue weighted by Gasteiger charge is 2.41. The number of thiocarbonyl (C=S) groups is 1. The lowest BCUT2D eigenvalue weighted by atomic mass is 9.98. The molecular formula is C29H30N4O2S. The van der Waals surface area contributed by atoms with Gasteiger partial charge in [-0.3, -0.25) is 4.98 Å². The summed E-state index contributed by atoms with van der Waals surface area (Å²) in [6, 6.07) is 23.6. The molecule has 184 valence electrons. The number of hydrogen-bond donors (Lipinski definition) is 1. The number of benzene rings is 2. The number of hydrogen-bond acceptors (Lipinski definition) is 4. The molecule has 1 saturated heterocycles. The molecule has 0 saturated carbocycles. The molecule has 5 rings (SSSR count). The number of anilines is 1. The molecule has 0 bridgehead atoms. The van der Waals surface area contributed by atoms with Gasteiger partial charge in [0.25, 0.3) is 0 Å². The second-order valence-corrected chi connectivity index (χ2v) is 10.2. The topological polar surface area (TPSA) is 51.6 Å². The number of aromatic nitrogens is 2. The van der Waals surface area contributed by atoms with Crippen LogP contribution in [0.2, 0.25) is 0 Å². The predicted molar refractivity (Wildman–Crippen MR) is 147 cm³/mol. The Morgan fingerprint density at radius 3 is 2.14 bits per heavy atom. The largest absolute Gasteiger partial charge is 0.497 e. The minimum absolute atomic E-state index is 0.0173. The Labute approximate surface area is 217 Å². The van der Waals surface area contributed by atoms with Crippen molar-refractivity contribution in [2.75, 3.05) is 12.0 Å². The monoisotopic (exact) mass is 498 g/mol. The molecule has 0 amide bonds. The van der Waals surface area contributed by atoms with Gasteiger partial charge in [-0.2, -0.15) is 0 Å². The fraction of sp³-hybridized carbons (Fsp3) is 0.241. The van der Waals surface area contributed by atoms with E-state index < -0.39 is 0 Å². The average Bonchev–Trinajstić information content (AvgIpc) is 3.50. The molecular weight excluding hydrogens is 468 g/mol. The number of pyridine rings is 1. The minimum atomic E-state index is -0.0789. The van der Waals surface area contributed by atoms with Crippen molar-refractivity contribution in [1.82, 2.24) is 14.9 Å². The van der Waals surface area contributed by atoms with Crippen molar-refractivity contribution in [3.63, 3.8) is 0 Å². The molecule has 0 radical (unpaired) electrons. The third kappa shape index (κ3) is 4.79. The summed E-state index contributed by atoms with van der Waals surface area (Å²) in [7, 11) is 1.65. The van der Waals surface area contributed by atoms with Crippen molar-refractivity contribution in [3.05, 3.63) is 103 Å². The molecule has 1 aliphatic rings. The number of rotatable bonds is 6. The van der Waals surface area contributed by atoms with E-state index in [1.807, 2.05) is 72.9 Å². The van der Waals surface area contributed by atoms with Gasteiger partial charge in [-0.25, -0.2) is 0 Å². The van der Waals surface area contributed by atoms with Gasteiger partial charge in [0.2, 0.25) is 0 Å². The Bertz CT molecular complexity index is 1330.